The zero-order valence-corrected chi connectivity index (χ0v) is 13.8. The first-order valence-electron chi connectivity index (χ1n) is 7.64. The van der Waals surface area contributed by atoms with Crippen molar-refractivity contribution in [1.82, 2.24) is 4.90 Å². The molecule has 1 aliphatic heterocycles. The molecule has 6 heteroatoms. The molecule has 2 N–H and O–H groups in total. The molecule has 24 heavy (non-hydrogen) atoms. The first kappa shape index (κ1) is 16.2. The Morgan fingerprint density at radius 3 is 2.79 bits per heavy atom. The predicted octanol–water partition coefficient (Wildman–Crippen LogP) is 3.05. The highest BCUT2D eigenvalue weighted by Crippen LogP contribution is 2.24. The van der Waals surface area contributed by atoms with Gasteiger partial charge in [-0.15, -0.1) is 11.3 Å². The number of aromatic hydroxyl groups is 1. The number of thiophene rings is 1. The van der Waals surface area contributed by atoms with Gasteiger partial charge < -0.3 is 10.4 Å². The molecule has 1 aromatic carbocycles. The molecule has 0 unspecified atom stereocenters. The Morgan fingerprint density at radius 2 is 2.12 bits per heavy atom. The zero-order valence-electron chi connectivity index (χ0n) is 13.0. The molecule has 0 aliphatic carbocycles. The summed E-state index contributed by atoms with van der Waals surface area (Å²) < 4.78 is 0. The fourth-order valence-electron chi connectivity index (χ4n) is 2.66. The van der Waals surface area contributed by atoms with Crippen molar-refractivity contribution in [3.63, 3.8) is 0 Å². The van der Waals surface area contributed by atoms with Gasteiger partial charge in [0.2, 0.25) is 5.91 Å². The van der Waals surface area contributed by atoms with E-state index in [1.807, 2.05) is 12.1 Å². The van der Waals surface area contributed by atoms with Gasteiger partial charge in [0.25, 0.3) is 0 Å². The largest absolute Gasteiger partial charge is 0.508 e. The molecule has 3 rings (SSSR count). The lowest BCUT2D eigenvalue weighted by molar-refractivity contribution is -0.117. The Balaban J connectivity index is 1.56. The van der Waals surface area contributed by atoms with Gasteiger partial charge in [-0.2, -0.15) is 5.26 Å². The molecule has 0 fully saturated rings. The van der Waals surface area contributed by atoms with Gasteiger partial charge in [-0.1, -0.05) is 18.2 Å². The number of nitrogens with zero attached hydrogens (tertiary/aromatic N) is 2. The average molecular weight is 339 g/mol. The van der Waals surface area contributed by atoms with Crippen LogP contribution < -0.4 is 5.32 Å². The Bertz CT molecular complexity index is 802. The van der Waals surface area contributed by atoms with Gasteiger partial charge in [0.05, 0.1) is 12.1 Å². The maximum atomic E-state index is 12.1. The van der Waals surface area contributed by atoms with Crippen LogP contribution in [-0.4, -0.2) is 35.5 Å². The van der Waals surface area contributed by atoms with Gasteiger partial charge in [0.15, 0.2) is 0 Å². The summed E-state index contributed by atoms with van der Waals surface area (Å²) in [7, 11) is 0. The standard InChI is InChI=1S/C18H17N3O2S/c19-11-15-7-10-24-18(15)20-17(23)12-21-8-5-14(6-9-21)13-1-3-16(22)4-2-13/h1-5,7,10,22H,6,8-9,12H2,(H,20,23). The number of phenols is 1. The lowest BCUT2D eigenvalue weighted by Crippen LogP contribution is -2.36. The van der Waals surface area contributed by atoms with Crippen LogP contribution in [0, 0.1) is 11.3 Å². The molecular weight excluding hydrogens is 322 g/mol. The highest BCUT2D eigenvalue weighted by molar-refractivity contribution is 7.14. The molecule has 1 aromatic heterocycles. The predicted molar refractivity (Wildman–Crippen MR) is 94.8 cm³/mol. The third kappa shape index (κ3) is 3.82. The normalized spacial score (nSPS) is 14.7. The van der Waals surface area contributed by atoms with Gasteiger partial charge >= 0.3 is 0 Å². The van der Waals surface area contributed by atoms with E-state index in [0.717, 1.165) is 18.5 Å². The number of amides is 1. The van der Waals surface area contributed by atoms with Crippen LogP contribution in [0.3, 0.4) is 0 Å². The van der Waals surface area contributed by atoms with Crippen molar-refractivity contribution in [3.05, 3.63) is 52.9 Å². The monoisotopic (exact) mass is 339 g/mol. The molecule has 0 saturated carbocycles. The van der Waals surface area contributed by atoms with Crippen molar-refractivity contribution in [2.45, 2.75) is 6.42 Å². The van der Waals surface area contributed by atoms with Crippen molar-refractivity contribution >= 4 is 27.8 Å². The summed E-state index contributed by atoms with van der Waals surface area (Å²) in [5.74, 6) is 0.161. The second-order valence-electron chi connectivity index (χ2n) is 5.58. The summed E-state index contributed by atoms with van der Waals surface area (Å²) in [6.45, 7) is 1.82. The van der Waals surface area contributed by atoms with Crippen LogP contribution in [0.2, 0.25) is 0 Å². The Kier molecular flexibility index (Phi) is 4.94. The van der Waals surface area contributed by atoms with E-state index in [1.54, 1.807) is 23.6 Å². The minimum absolute atomic E-state index is 0.101. The van der Waals surface area contributed by atoms with Gasteiger partial charge in [-0.25, -0.2) is 0 Å². The first-order valence-corrected chi connectivity index (χ1v) is 8.52. The third-order valence-electron chi connectivity index (χ3n) is 3.94. The molecule has 1 amide bonds. The molecule has 1 aliphatic rings. The fraction of sp³-hybridized carbons (Fsp3) is 0.222. The van der Waals surface area contributed by atoms with Crippen LogP contribution in [0.5, 0.6) is 5.75 Å². The lowest BCUT2D eigenvalue weighted by Gasteiger charge is -2.25. The molecule has 0 atom stereocenters. The van der Waals surface area contributed by atoms with E-state index >= 15 is 0 Å². The Morgan fingerprint density at radius 1 is 1.33 bits per heavy atom. The molecule has 2 heterocycles. The van der Waals surface area contributed by atoms with E-state index < -0.39 is 0 Å². The van der Waals surface area contributed by atoms with Gasteiger partial charge in [0.1, 0.15) is 16.8 Å². The number of nitrogens with one attached hydrogen (secondary N) is 1. The zero-order chi connectivity index (χ0) is 16.9. The van der Waals surface area contributed by atoms with Gasteiger partial charge in [-0.05, 0) is 41.1 Å². The molecule has 2 aromatic rings. The van der Waals surface area contributed by atoms with E-state index in [9.17, 15) is 9.90 Å². The van der Waals surface area contributed by atoms with Crippen molar-refractivity contribution in [2.24, 2.45) is 0 Å². The molecule has 0 saturated heterocycles. The molecular formula is C18H17N3O2S. The molecule has 0 radical (unpaired) electrons. The van der Waals surface area contributed by atoms with Crippen LogP contribution in [0.4, 0.5) is 5.00 Å². The Labute approximate surface area is 144 Å². The summed E-state index contributed by atoms with van der Waals surface area (Å²) >= 11 is 1.36. The fourth-order valence-corrected chi connectivity index (χ4v) is 3.41. The minimum Gasteiger partial charge on any atom is -0.508 e. The van der Waals surface area contributed by atoms with E-state index in [-0.39, 0.29) is 11.7 Å². The number of rotatable bonds is 4. The third-order valence-corrected chi connectivity index (χ3v) is 4.77. The van der Waals surface area contributed by atoms with E-state index in [2.05, 4.69) is 22.4 Å². The second-order valence-corrected chi connectivity index (χ2v) is 6.50. The van der Waals surface area contributed by atoms with Crippen LogP contribution in [0.25, 0.3) is 5.57 Å². The van der Waals surface area contributed by atoms with Crippen LogP contribution in [-0.2, 0) is 4.79 Å². The molecule has 5 nitrogen and oxygen atoms in total. The summed E-state index contributed by atoms with van der Waals surface area (Å²) in [5, 5.41) is 23.5. The number of carbonyl (C=O) groups excluding carboxylic acids is 1. The second kappa shape index (κ2) is 7.30. The number of nitriles is 1. The quantitative estimate of drug-likeness (QED) is 0.897. The number of benzene rings is 1. The number of carbonyl (C=O) groups is 1. The summed E-state index contributed by atoms with van der Waals surface area (Å²) in [6.07, 6.45) is 2.98. The van der Waals surface area contributed by atoms with Crippen molar-refractivity contribution in [3.8, 4) is 11.8 Å². The highest BCUT2D eigenvalue weighted by atomic mass is 32.1. The van der Waals surface area contributed by atoms with Crippen LogP contribution in [0.15, 0.2) is 41.8 Å². The van der Waals surface area contributed by atoms with Crippen molar-refractivity contribution in [2.75, 3.05) is 25.0 Å². The van der Waals surface area contributed by atoms with Crippen molar-refractivity contribution in [1.29, 1.82) is 5.26 Å². The molecule has 0 bridgehead atoms. The Hall–Kier alpha value is -2.62. The average Bonchev–Trinajstić information content (AvgIpc) is 3.03. The maximum absolute atomic E-state index is 12.1. The van der Waals surface area contributed by atoms with E-state index in [4.69, 9.17) is 5.26 Å². The van der Waals surface area contributed by atoms with Gasteiger partial charge in [-0.3, -0.25) is 9.69 Å². The molecule has 122 valence electrons. The number of hydrogen-bond acceptors (Lipinski definition) is 5. The number of hydrogen-bond donors (Lipinski definition) is 2. The molecule has 0 spiro atoms. The lowest BCUT2D eigenvalue weighted by atomic mass is 9.99. The number of phenolic OH excluding ortho intramolecular Hbond substituents is 1. The smallest absolute Gasteiger partial charge is 0.239 e. The van der Waals surface area contributed by atoms with Gasteiger partial charge in [0, 0.05) is 13.1 Å². The summed E-state index contributed by atoms with van der Waals surface area (Å²) in [4.78, 5) is 14.2. The number of anilines is 1. The van der Waals surface area contributed by atoms with E-state index in [0.29, 0.717) is 23.7 Å². The van der Waals surface area contributed by atoms with Crippen molar-refractivity contribution < 1.29 is 9.90 Å². The maximum Gasteiger partial charge on any atom is 0.239 e. The topological polar surface area (TPSA) is 76.4 Å². The van der Waals surface area contributed by atoms with Crippen LogP contribution >= 0.6 is 11.3 Å². The summed E-state index contributed by atoms with van der Waals surface area (Å²) in [5.41, 5.74) is 2.84. The minimum atomic E-state index is -0.101. The SMILES string of the molecule is N#Cc1ccsc1NC(=O)CN1CC=C(c2ccc(O)cc2)CC1. The first-order chi connectivity index (χ1) is 11.7. The van der Waals surface area contributed by atoms with Crippen LogP contribution in [0.1, 0.15) is 17.5 Å². The van der Waals surface area contributed by atoms with E-state index in [1.165, 1.54) is 16.9 Å². The highest BCUT2D eigenvalue weighted by Gasteiger charge is 2.17. The summed E-state index contributed by atoms with van der Waals surface area (Å²) in [6, 6.07) is 11.0.